The van der Waals surface area contributed by atoms with Crippen molar-refractivity contribution in [3.63, 3.8) is 0 Å². The molecule has 0 saturated carbocycles. The molecule has 2 aliphatic rings. The van der Waals surface area contributed by atoms with E-state index in [4.69, 9.17) is 0 Å². The van der Waals surface area contributed by atoms with Gasteiger partial charge in [0.25, 0.3) is 0 Å². The number of carbonyl (C=O) groups excluding carboxylic acids is 1. The summed E-state index contributed by atoms with van der Waals surface area (Å²) in [6, 6.07) is 8.15. The van der Waals surface area contributed by atoms with Gasteiger partial charge in [0, 0.05) is 25.2 Å². The monoisotopic (exact) mass is 339 g/mol. The maximum absolute atomic E-state index is 12.9. The molecule has 1 fully saturated rings. The molecule has 1 saturated heterocycles. The largest absolute Gasteiger partial charge is 0.311 e. The summed E-state index contributed by atoms with van der Waals surface area (Å²) in [6.45, 7) is 5.82. The molecule has 2 aliphatic heterocycles. The molecule has 1 N–H and O–H groups in total. The van der Waals surface area contributed by atoms with E-state index in [1.807, 2.05) is 21.7 Å². The molecular weight excluding hydrogens is 314 g/mol. The molecule has 2 aromatic rings. The Morgan fingerprint density at radius 3 is 2.72 bits per heavy atom. The Bertz CT molecular complexity index is 767. The summed E-state index contributed by atoms with van der Waals surface area (Å²) in [5, 5.41) is 8.11. The lowest BCUT2D eigenvalue weighted by Gasteiger charge is -2.26. The molecule has 0 spiro atoms. The smallest absolute Gasteiger partial charge is 0.244 e. The minimum atomic E-state index is -0.139. The van der Waals surface area contributed by atoms with E-state index in [9.17, 15) is 4.79 Å². The predicted octanol–water partition coefficient (Wildman–Crippen LogP) is 2.38. The third kappa shape index (κ3) is 3.06. The van der Waals surface area contributed by atoms with Crippen LogP contribution in [0.25, 0.3) is 0 Å². The number of fused-ring (bicyclic) bond motifs is 1. The molecule has 0 aliphatic carbocycles. The summed E-state index contributed by atoms with van der Waals surface area (Å²) in [5.74, 6) is 2.05. The number of hydrogen-bond donors (Lipinski definition) is 1. The Morgan fingerprint density at radius 1 is 1.16 bits per heavy atom. The topological polar surface area (TPSA) is 63.1 Å². The second-order valence-corrected chi connectivity index (χ2v) is 6.99. The second kappa shape index (κ2) is 6.59. The first-order valence-electron chi connectivity index (χ1n) is 9.23. The Hall–Kier alpha value is -2.21. The fourth-order valence-corrected chi connectivity index (χ4v) is 3.77. The van der Waals surface area contributed by atoms with Crippen LogP contribution in [-0.2, 0) is 17.8 Å². The van der Waals surface area contributed by atoms with Crippen molar-refractivity contribution in [2.24, 2.45) is 0 Å². The molecule has 132 valence electrons. The first-order chi connectivity index (χ1) is 12.2. The number of carbonyl (C=O) groups is 1. The van der Waals surface area contributed by atoms with Crippen LogP contribution < -0.4 is 10.2 Å². The average Bonchev–Trinajstić information content (AvgIpc) is 3.20. The van der Waals surface area contributed by atoms with E-state index < -0.39 is 0 Å². The molecule has 0 radical (unpaired) electrons. The number of aromatic nitrogens is 3. The summed E-state index contributed by atoms with van der Waals surface area (Å²) >= 11 is 0. The molecule has 3 heterocycles. The maximum Gasteiger partial charge on any atom is 0.244 e. The van der Waals surface area contributed by atoms with Crippen LogP contribution in [0, 0.1) is 6.92 Å². The zero-order valence-corrected chi connectivity index (χ0v) is 14.9. The van der Waals surface area contributed by atoms with E-state index in [-0.39, 0.29) is 18.0 Å². The van der Waals surface area contributed by atoms with E-state index in [0.29, 0.717) is 0 Å². The van der Waals surface area contributed by atoms with Gasteiger partial charge in [-0.25, -0.2) is 9.67 Å². The molecule has 1 aromatic heterocycles. The van der Waals surface area contributed by atoms with Gasteiger partial charge in [0.05, 0.1) is 12.1 Å². The van der Waals surface area contributed by atoms with Crippen molar-refractivity contribution >= 4 is 11.6 Å². The number of aryl methyl sites for hydroxylation is 3. The summed E-state index contributed by atoms with van der Waals surface area (Å²) in [6.07, 6.45) is 3.75. The fraction of sp³-hybridized carbons (Fsp3) is 0.526. The number of amides is 1. The van der Waals surface area contributed by atoms with Crippen molar-refractivity contribution in [2.45, 2.75) is 58.2 Å². The van der Waals surface area contributed by atoms with Crippen molar-refractivity contribution in [3.8, 4) is 0 Å². The predicted molar refractivity (Wildman–Crippen MR) is 96.4 cm³/mol. The molecule has 2 atom stereocenters. The van der Waals surface area contributed by atoms with Crippen molar-refractivity contribution < 1.29 is 4.79 Å². The Kier molecular flexibility index (Phi) is 4.29. The summed E-state index contributed by atoms with van der Waals surface area (Å²) < 4.78 is 2.01. The van der Waals surface area contributed by atoms with E-state index in [0.717, 1.165) is 56.1 Å². The zero-order valence-electron chi connectivity index (χ0n) is 14.9. The van der Waals surface area contributed by atoms with Crippen molar-refractivity contribution in [1.29, 1.82) is 0 Å². The Labute approximate surface area is 148 Å². The van der Waals surface area contributed by atoms with Gasteiger partial charge in [0.15, 0.2) is 5.82 Å². The van der Waals surface area contributed by atoms with Gasteiger partial charge < -0.3 is 4.90 Å². The molecule has 1 amide bonds. The number of nitrogens with one attached hydrogen (secondary N) is 1. The molecule has 6 heteroatoms. The minimum Gasteiger partial charge on any atom is -0.311 e. The van der Waals surface area contributed by atoms with E-state index >= 15 is 0 Å². The fourth-order valence-electron chi connectivity index (χ4n) is 3.77. The lowest BCUT2D eigenvalue weighted by Crippen LogP contribution is -2.42. The molecular formula is C19H25N5O. The minimum absolute atomic E-state index is 0.119. The highest BCUT2D eigenvalue weighted by atomic mass is 16.2. The summed E-state index contributed by atoms with van der Waals surface area (Å²) in [7, 11) is 0. The van der Waals surface area contributed by atoms with E-state index in [1.54, 1.807) is 0 Å². The van der Waals surface area contributed by atoms with Gasteiger partial charge in [0.1, 0.15) is 5.82 Å². The third-order valence-electron chi connectivity index (χ3n) is 5.19. The van der Waals surface area contributed by atoms with Crippen molar-refractivity contribution in [1.82, 2.24) is 20.1 Å². The Morgan fingerprint density at radius 2 is 1.96 bits per heavy atom. The van der Waals surface area contributed by atoms with Crippen LogP contribution >= 0.6 is 0 Å². The number of nitrogens with zero attached hydrogens (tertiary/aromatic N) is 4. The highest BCUT2D eigenvalue weighted by Crippen LogP contribution is 2.27. The van der Waals surface area contributed by atoms with Gasteiger partial charge in [-0.1, -0.05) is 24.6 Å². The highest BCUT2D eigenvalue weighted by molar-refractivity contribution is 5.99. The lowest BCUT2D eigenvalue weighted by atomic mass is 10.1. The van der Waals surface area contributed by atoms with Crippen molar-refractivity contribution in [2.75, 3.05) is 11.4 Å². The van der Waals surface area contributed by atoms with Gasteiger partial charge in [-0.2, -0.15) is 5.10 Å². The van der Waals surface area contributed by atoms with Gasteiger partial charge >= 0.3 is 0 Å². The third-order valence-corrected chi connectivity index (χ3v) is 5.19. The normalized spacial score (nSPS) is 23.1. The van der Waals surface area contributed by atoms with Crippen LogP contribution in [0.3, 0.4) is 0 Å². The van der Waals surface area contributed by atoms with Crippen LogP contribution in [0.15, 0.2) is 24.3 Å². The number of benzene rings is 1. The van der Waals surface area contributed by atoms with E-state index in [2.05, 4.69) is 41.4 Å². The quantitative estimate of drug-likeness (QED) is 0.929. The number of hydrogen-bond acceptors (Lipinski definition) is 4. The first-order valence-corrected chi connectivity index (χ1v) is 9.23. The van der Waals surface area contributed by atoms with Crippen LogP contribution in [0.4, 0.5) is 5.69 Å². The molecule has 25 heavy (non-hydrogen) atoms. The summed E-state index contributed by atoms with van der Waals surface area (Å²) in [5.41, 5.74) is 2.19. The first kappa shape index (κ1) is 16.3. The van der Waals surface area contributed by atoms with Crippen molar-refractivity contribution in [3.05, 3.63) is 41.5 Å². The molecule has 4 rings (SSSR count). The molecule has 6 nitrogen and oxygen atoms in total. The molecule has 1 aromatic carbocycles. The van der Waals surface area contributed by atoms with Gasteiger partial charge in [-0.15, -0.1) is 0 Å². The molecule has 0 unspecified atom stereocenters. The SMILES string of the molecule is CCc1nc2n(n1)CCC[C@@H]2N[C@H]1CCN(c2ccc(C)cc2)C1=O. The van der Waals surface area contributed by atoms with Gasteiger partial charge in [-0.05, 0) is 38.3 Å². The van der Waals surface area contributed by atoms with Gasteiger partial charge in [-0.3, -0.25) is 10.1 Å². The maximum atomic E-state index is 12.9. The number of rotatable bonds is 4. The van der Waals surface area contributed by atoms with Gasteiger partial charge in [0.2, 0.25) is 5.91 Å². The Balaban J connectivity index is 1.48. The van der Waals surface area contributed by atoms with Crippen LogP contribution in [0.1, 0.15) is 49.4 Å². The number of anilines is 1. The molecule has 0 bridgehead atoms. The van der Waals surface area contributed by atoms with Crippen LogP contribution in [0.5, 0.6) is 0 Å². The zero-order chi connectivity index (χ0) is 17.4. The van der Waals surface area contributed by atoms with E-state index in [1.165, 1.54) is 5.56 Å². The average molecular weight is 339 g/mol. The van der Waals surface area contributed by atoms with Crippen LogP contribution in [-0.4, -0.2) is 33.3 Å². The summed E-state index contributed by atoms with van der Waals surface area (Å²) in [4.78, 5) is 19.4. The van der Waals surface area contributed by atoms with Crippen LogP contribution in [0.2, 0.25) is 0 Å². The lowest BCUT2D eigenvalue weighted by molar-refractivity contribution is -0.119. The second-order valence-electron chi connectivity index (χ2n) is 6.99. The standard InChI is InChI=1S/C19H25N5O/c1-3-17-21-18-15(5-4-11-24(18)22-17)20-16-10-12-23(19(16)25)14-8-6-13(2)7-9-14/h6-9,15-16,20H,3-5,10-12H2,1-2H3/t15-,16-/m0/s1. The highest BCUT2D eigenvalue weighted by Gasteiger charge is 2.35.